The molecule has 0 fully saturated rings. The Morgan fingerprint density at radius 1 is 1.29 bits per heavy atom. The van der Waals surface area contributed by atoms with Crippen molar-refractivity contribution >= 4 is 28.3 Å². The molecule has 2 unspecified atom stereocenters. The zero-order valence-corrected chi connectivity index (χ0v) is 16.4. The van der Waals surface area contributed by atoms with Gasteiger partial charge in [-0.05, 0) is 6.92 Å². The Morgan fingerprint density at radius 3 is 2.25 bits per heavy atom. The second kappa shape index (κ2) is 10.4. The summed E-state index contributed by atoms with van der Waals surface area (Å²) in [7, 11) is 3.16. The van der Waals surface area contributed by atoms with Crippen molar-refractivity contribution in [2.45, 2.75) is 31.2 Å². The molecule has 0 bridgehead atoms. The van der Waals surface area contributed by atoms with Crippen molar-refractivity contribution in [2.24, 2.45) is 0 Å². The van der Waals surface area contributed by atoms with Crippen molar-refractivity contribution in [2.75, 3.05) is 7.11 Å². The van der Waals surface area contributed by atoms with E-state index in [-0.39, 0.29) is 13.3 Å². The van der Waals surface area contributed by atoms with Gasteiger partial charge in [0.2, 0.25) is 6.41 Å². The van der Waals surface area contributed by atoms with Crippen LogP contribution in [0, 0.1) is 6.92 Å². The van der Waals surface area contributed by atoms with Gasteiger partial charge in [0, 0.05) is 0 Å². The number of methoxy groups -OCH3 is 1. The van der Waals surface area contributed by atoms with Crippen molar-refractivity contribution in [3.05, 3.63) is 36.2 Å². The first-order chi connectivity index (χ1) is 12.7. The Hall–Kier alpha value is -2.23. The monoisotopic (exact) mass is 427 g/mol. The Morgan fingerprint density at radius 2 is 1.86 bits per heavy atom. The third-order valence-electron chi connectivity index (χ3n) is 3.43. The number of hydrazine groups is 1. The maximum atomic E-state index is 13.0. The predicted molar refractivity (Wildman–Crippen MR) is 97.5 cm³/mol. The summed E-state index contributed by atoms with van der Waals surface area (Å²) in [4.78, 5) is 9.85. The summed E-state index contributed by atoms with van der Waals surface area (Å²) in [6, 6.07) is 5.50. The number of rotatable bonds is 8. The molecule has 1 rings (SSSR count). The Labute approximate surface area is 161 Å². The van der Waals surface area contributed by atoms with Crippen molar-refractivity contribution in [3.8, 4) is 5.75 Å². The van der Waals surface area contributed by atoms with Gasteiger partial charge in [-0.25, -0.2) is 0 Å². The van der Waals surface area contributed by atoms with Gasteiger partial charge in [0.1, 0.15) is 5.82 Å². The Kier molecular flexibility index (Phi) is 9.53. The first kappa shape index (κ1) is 25.8. The number of benzene rings is 1. The number of carbonyl (C=O) groups is 1. The molecule has 0 aliphatic rings. The molecule has 0 spiro atoms. The fourth-order valence-corrected chi connectivity index (χ4v) is 1.97. The molecule has 1 aromatic carbocycles. The molecule has 6 nitrogen and oxygen atoms in total. The van der Waals surface area contributed by atoms with Crippen LogP contribution in [0.15, 0.2) is 30.6 Å². The first-order valence-electron chi connectivity index (χ1n) is 7.49. The van der Waals surface area contributed by atoms with E-state index in [9.17, 15) is 31.5 Å². The van der Waals surface area contributed by atoms with Crippen LogP contribution in [0.5, 0.6) is 5.75 Å². The summed E-state index contributed by atoms with van der Waals surface area (Å²) in [5.41, 5.74) is -2.42. The van der Waals surface area contributed by atoms with Gasteiger partial charge in [0.15, 0.2) is 5.54 Å². The third-order valence-corrected chi connectivity index (χ3v) is 4.01. The predicted octanol–water partition coefficient (Wildman–Crippen LogP) is 1.77. The van der Waals surface area contributed by atoms with Crippen LogP contribution in [0.1, 0.15) is 12.5 Å². The fourth-order valence-electron chi connectivity index (χ4n) is 1.74. The molecule has 0 aliphatic heterocycles. The van der Waals surface area contributed by atoms with E-state index < -0.39 is 23.2 Å². The molecule has 3 N–H and O–H groups in total. The van der Waals surface area contributed by atoms with E-state index >= 15 is 0 Å². The van der Waals surface area contributed by atoms with Gasteiger partial charge < -0.3 is 5.32 Å². The van der Waals surface area contributed by atoms with Gasteiger partial charge in [0.25, 0.3) is 5.66 Å². The van der Waals surface area contributed by atoms with E-state index in [4.69, 9.17) is 4.74 Å². The number of ether oxygens (including phenoxy) is 1. The van der Waals surface area contributed by atoms with Gasteiger partial charge in [0.05, 0.1) is 0 Å². The number of amides is 1. The maximum absolute atomic E-state index is 13.0. The number of carbonyl (C=O) groups excluding carboxylic acids is 1. The van der Waals surface area contributed by atoms with Crippen molar-refractivity contribution in [3.63, 3.8) is 0 Å². The topological polar surface area (TPSA) is 79.5 Å². The standard InChI is InChI=1S/C8H9BO2.C7H11F5N3OP/c1-6-3-4-8(11-2)7(5-6)9-10;1-4(15-13-3-16)14-5(2,6(8,9)10)7(11,12)17/h3-5H,1-2H3;3,14-15H,1,17H2,2H3,(H,13,16). The molecular formula is C15H20BF5N3O3P. The Balaban J connectivity index is 0.000000567. The minimum atomic E-state index is -5.23. The van der Waals surface area contributed by atoms with E-state index in [1.165, 1.54) is 5.32 Å². The van der Waals surface area contributed by atoms with Crippen LogP contribution < -0.4 is 26.4 Å². The molecule has 2 atom stereocenters. The molecule has 0 aromatic heterocycles. The molecule has 0 radical (unpaired) electrons. The van der Waals surface area contributed by atoms with Gasteiger partial charge in [-0.15, -0.1) is 0 Å². The van der Waals surface area contributed by atoms with Crippen molar-refractivity contribution in [1.82, 2.24) is 16.2 Å². The average molecular weight is 427 g/mol. The minimum absolute atomic E-state index is 0.108. The van der Waals surface area contributed by atoms with Gasteiger partial charge in [-0.3, -0.25) is 15.6 Å². The van der Waals surface area contributed by atoms with Gasteiger partial charge >= 0.3 is 71.8 Å². The van der Waals surface area contributed by atoms with Crippen LogP contribution in [0.2, 0.25) is 0 Å². The summed E-state index contributed by atoms with van der Waals surface area (Å²) in [5, 5.41) is 1.49. The van der Waals surface area contributed by atoms with Crippen LogP contribution >= 0.6 is 9.24 Å². The molecule has 0 heterocycles. The summed E-state index contributed by atoms with van der Waals surface area (Å²) < 4.78 is 79.1. The average Bonchev–Trinajstić information content (AvgIpc) is 2.58. The molecule has 156 valence electrons. The zero-order chi connectivity index (χ0) is 22.2. The number of hydrogen-bond acceptors (Lipinski definition) is 5. The number of hydrogen-bond donors (Lipinski definition) is 3. The van der Waals surface area contributed by atoms with Crippen LogP contribution in [0.25, 0.3) is 0 Å². The van der Waals surface area contributed by atoms with E-state index in [1.54, 1.807) is 24.7 Å². The zero-order valence-electron chi connectivity index (χ0n) is 15.3. The number of nitrogens with one attached hydrogen (secondary N) is 3. The molecule has 0 aliphatic carbocycles. The van der Waals surface area contributed by atoms with E-state index in [0.29, 0.717) is 11.2 Å². The third kappa shape index (κ3) is 7.07. The molecule has 13 heteroatoms. The van der Waals surface area contributed by atoms with Crippen LogP contribution in [-0.4, -0.2) is 38.0 Å². The molecule has 28 heavy (non-hydrogen) atoms. The molecule has 1 amide bonds. The van der Waals surface area contributed by atoms with Gasteiger partial charge in [-0.1, -0.05) is 15.8 Å². The number of alkyl halides is 5. The first-order valence-corrected chi connectivity index (χ1v) is 8.06. The molecule has 0 saturated carbocycles. The van der Waals surface area contributed by atoms with Crippen LogP contribution in [0.3, 0.4) is 0 Å². The van der Waals surface area contributed by atoms with Crippen LogP contribution in [-0.2, 0) is 9.50 Å². The molecular weight excluding hydrogens is 407 g/mol. The summed E-state index contributed by atoms with van der Waals surface area (Å²) in [6.45, 7) is 5.23. The Bertz CT molecular complexity index is 684. The SMILES string of the molecule is C=C(NNC=O)NC(C)(C(F)(F)F)C(F)(F)P.COc1ccc(C)cc1B=O. The summed E-state index contributed by atoms with van der Waals surface area (Å²) in [5.74, 6) is 0.00431. The molecule has 1 aromatic rings. The van der Waals surface area contributed by atoms with Gasteiger partial charge in [-0.2, -0.15) is 22.0 Å². The normalized spacial score (nSPS) is 13.0. The van der Waals surface area contributed by atoms with Crippen molar-refractivity contribution < 1.29 is 36.2 Å². The fraction of sp³-hybridized carbons (Fsp3) is 0.400. The number of halogens is 5. The second-order valence-corrected chi connectivity index (χ2v) is 6.32. The van der Waals surface area contributed by atoms with E-state index in [1.807, 2.05) is 18.4 Å². The van der Waals surface area contributed by atoms with Crippen molar-refractivity contribution in [1.29, 1.82) is 0 Å². The number of aryl methyl sites for hydroxylation is 1. The van der Waals surface area contributed by atoms with E-state index in [0.717, 1.165) is 22.0 Å². The summed E-state index contributed by atoms with van der Waals surface area (Å²) >= 11 is 0. The second-order valence-electron chi connectivity index (χ2n) is 5.60. The van der Waals surface area contributed by atoms with E-state index in [2.05, 4.69) is 6.58 Å². The molecule has 0 saturated heterocycles. The quantitative estimate of drug-likeness (QED) is 0.194. The van der Waals surface area contributed by atoms with Crippen LogP contribution in [0.4, 0.5) is 22.0 Å². The summed E-state index contributed by atoms with van der Waals surface area (Å²) in [6.07, 6.45) is -5.12.